The zero-order valence-electron chi connectivity index (χ0n) is 10.5. The maximum absolute atomic E-state index is 6.15. The normalized spacial score (nSPS) is 44.7. The number of ether oxygens (including phenoxy) is 1. The van der Waals surface area contributed by atoms with E-state index in [9.17, 15) is 0 Å². The Morgan fingerprint density at radius 2 is 1.87 bits per heavy atom. The van der Waals surface area contributed by atoms with E-state index in [1.807, 2.05) is 0 Å². The van der Waals surface area contributed by atoms with Gasteiger partial charge in [0, 0.05) is 5.92 Å². The van der Waals surface area contributed by atoms with Crippen molar-refractivity contribution in [2.75, 3.05) is 0 Å². The summed E-state index contributed by atoms with van der Waals surface area (Å²) in [7, 11) is 0. The molecule has 2 aliphatic rings. The molecule has 1 heteroatoms. The van der Waals surface area contributed by atoms with Gasteiger partial charge in [-0.3, -0.25) is 0 Å². The second kappa shape index (κ2) is 3.35. The summed E-state index contributed by atoms with van der Waals surface area (Å²) in [4.78, 5) is 0. The second-order valence-electron chi connectivity index (χ2n) is 6.54. The van der Waals surface area contributed by atoms with Crippen molar-refractivity contribution in [3.8, 4) is 0 Å². The average molecular weight is 208 g/mol. The van der Waals surface area contributed by atoms with Crippen LogP contribution in [0.25, 0.3) is 0 Å². The number of hydrogen-bond donors (Lipinski definition) is 0. The molecule has 4 atom stereocenters. The number of hydrogen-bond acceptors (Lipinski definition) is 1. The van der Waals surface area contributed by atoms with Gasteiger partial charge in [-0.15, -0.1) is 6.58 Å². The molecular weight excluding hydrogens is 184 g/mol. The van der Waals surface area contributed by atoms with Crippen LogP contribution in [0.2, 0.25) is 0 Å². The third-order valence-corrected chi connectivity index (χ3v) is 4.13. The van der Waals surface area contributed by atoms with Crippen molar-refractivity contribution in [3.05, 3.63) is 12.7 Å². The van der Waals surface area contributed by atoms with Crippen molar-refractivity contribution in [1.29, 1.82) is 0 Å². The maximum atomic E-state index is 6.15. The van der Waals surface area contributed by atoms with Gasteiger partial charge in [0.1, 0.15) is 0 Å². The lowest BCUT2D eigenvalue weighted by atomic mass is 10.0. The Labute approximate surface area is 93.9 Å². The highest BCUT2D eigenvalue weighted by molar-refractivity contribution is 5.11. The first-order valence-corrected chi connectivity index (χ1v) is 6.17. The molecule has 15 heavy (non-hydrogen) atoms. The lowest BCUT2D eigenvalue weighted by molar-refractivity contribution is -0.0695. The van der Waals surface area contributed by atoms with Gasteiger partial charge in [0.25, 0.3) is 0 Å². The Bertz CT molecular complexity index is 263. The van der Waals surface area contributed by atoms with Gasteiger partial charge in [-0.2, -0.15) is 0 Å². The summed E-state index contributed by atoms with van der Waals surface area (Å²) in [5, 5.41) is 0. The van der Waals surface area contributed by atoms with Gasteiger partial charge in [0.15, 0.2) is 0 Å². The predicted molar refractivity (Wildman–Crippen MR) is 63.8 cm³/mol. The Kier molecular flexibility index (Phi) is 2.50. The van der Waals surface area contributed by atoms with E-state index in [2.05, 4.69) is 40.3 Å². The topological polar surface area (TPSA) is 9.23 Å². The average Bonchev–Trinajstić information content (AvgIpc) is 2.54. The lowest BCUT2D eigenvalue weighted by Crippen LogP contribution is -2.29. The molecule has 2 aliphatic carbocycles. The molecule has 2 fully saturated rings. The SMILES string of the molecule is C=C[C@@H]1CC2(CC2C)C[C@@H]1OC(C)(C)C. The second-order valence-corrected chi connectivity index (χ2v) is 6.54. The fourth-order valence-electron chi connectivity index (χ4n) is 3.17. The Morgan fingerprint density at radius 3 is 2.27 bits per heavy atom. The largest absolute Gasteiger partial charge is 0.372 e. The highest BCUT2D eigenvalue weighted by Gasteiger charge is 2.58. The Morgan fingerprint density at radius 1 is 1.27 bits per heavy atom. The summed E-state index contributed by atoms with van der Waals surface area (Å²) in [6, 6.07) is 0. The van der Waals surface area contributed by atoms with Crippen LogP contribution in [0.15, 0.2) is 12.7 Å². The highest BCUT2D eigenvalue weighted by atomic mass is 16.5. The molecule has 0 heterocycles. The van der Waals surface area contributed by atoms with Crippen molar-refractivity contribution >= 4 is 0 Å². The van der Waals surface area contributed by atoms with E-state index in [1.165, 1.54) is 19.3 Å². The van der Waals surface area contributed by atoms with Crippen LogP contribution in [-0.4, -0.2) is 11.7 Å². The minimum absolute atomic E-state index is 0.0183. The van der Waals surface area contributed by atoms with E-state index >= 15 is 0 Å². The molecule has 2 rings (SSSR count). The smallest absolute Gasteiger partial charge is 0.0650 e. The van der Waals surface area contributed by atoms with Gasteiger partial charge < -0.3 is 4.74 Å². The predicted octanol–water partition coefficient (Wildman–Crippen LogP) is 3.79. The molecule has 0 radical (unpaired) electrons. The van der Waals surface area contributed by atoms with Gasteiger partial charge >= 0.3 is 0 Å². The van der Waals surface area contributed by atoms with Crippen LogP contribution in [0.5, 0.6) is 0 Å². The monoisotopic (exact) mass is 208 g/mol. The maximum Gasteiger partial charge on any atom is 0.0650 e. The summed E-state index contributed by atoms with van der Waals surface area (Å²) in [6.45, 7) is 12.8. The summed E-state index contributed by atoms with van der Waals surface area (Å²) >= 11 is 0. The van der Waals surface area contributed by atoms with Crippen molar-refractivity contribution in [2.24, 2.45) is 17.3 Å². The Balaban J connectivity index is 2.02. The van der Waals surface area contributed by atoms with Crippen molar-refractivity contribution in [2.45, 2.75) is 58.7 Å². The van der Waals surface area contributed by atoms with Crippen LogP contribution < -0.4 is 0 Å². The van der Waals surface area contributed by atoms with E-state index in [0.29, 0.717) is 17.4 Å². The van der Waals surface area contributed by atoms with Crippen LogP contribution >= 0.6 is 0 Å². The summed E-state index contributed by atoms with van der Waals surface area (Å²) in [6.07, 6.45) is 6.48. The van der Waals surface area contributed by atoms with Crippen LogP contribution in [0, 0.1) is 17.3 Å². The first-order valence-electron chi connectivity index (χ1n) is 6.17. The zero-order valence-corrected chi connectivity index (χ0v) is 10.5. The quantitative estimate of drug-likeness (QED) is 0.627. The minimum atomic E-state index is -0.0183. The van der Waals surface area contributed by atoms with Gasteiger partial charge in [0.05, 0.1) is 11.7 Å². The van der Waals surface area contributed by atoms with Gasteiger partial charge in [-0.25, -0.2) is 0 Å². The van der Waals surface area contributed by atoms with Crippen LogP contribution in [0.1, 0.15) is 47.0 Å². The molecule has 2 unspecified atom stereocenters. The molecule has 86 valence electrons. The van der Waals surface area contributed by atoms with Crippen LogP contribution in [0.3, 0.4) is 0 Å². The zero-order chi connectivity index (χ0) is 11.3. The molecule has 0 saturated heterocycles. The summed E-state index contributed by atoms with van der Waals surface area (Å²) < 4.78 is 6.15. The van der Waals surface area contributed by atoms with E-state index in [0.717, 1.165) is 5.92 Å². The molecule has 0 aliphatic heterocycles. The first-order chi connectivity index (χ1) is 6.86. The molecule has 0 amide bonds. The molecule has 0 aromatic carbocycles. The molecule has 0 N–H and O–H groups in total. The van der Waals surface area contributed by atoms with Crippen molar-refractivity contribution in [1.82, 2.24) is 0 Å². The van der Waals surface area contributed by atoms with Gasteiger partial charge in [-0.1, -0.05) is 13.0 Å². The van der Waals surface area contributed by atoms with E-state index in [4.69, 9.17) is 4.74 Å². The van der Waals surface area contributed by atoms with Gasteiger partial charge in [0.2, 0.25) is 0 Å². The first kappa shape index (κ1) is 11.2. The summed E-state index contributed by atoms with van der Waals surface area (Å²) in [5.41, 5.74) is 0.602. The third-order valence-electron chi connectivity index (χ3n) is 4.13. The molecule has 0 aromatic heterocycles. The summed E-state index contributed by atoms with van der Waals surface area (Å²) in [5.74, 6) is 1.49. The highest BCUT2D eigenvalue weighted by Crippen LogP contribution is 2.64. The lowest BCUT2D eigenvalue weighted by Gasteiger charge is -2.27. The van der Waals surface area contributed by atoms with E-state index < -0.39 is 0 Å². The number of rotatable bonds is 2. The fourth-order valence-corrected chi connectivity index (χ4v) is 3.17. The molecule has 1 spiro atoms. The standard InChI is InChI=1S/C14H24O/c1-6-11-8-14(7-10(14)2)9-12(11)15-13(3,4)5/h6,10-12H,1,7-9H2,2-5H3/t10?,11-,12+,14?/m1/s1. The minimum Gasteiger partial charge on any atom is -0.372 e. The van der Waals surface area contributed by atoms with E-state index in [-0.39, 0.29) is 5.60 Å². The van der Waals surface area contributed by atoms with Crippen LogP contribution in [-0.2, 0) is 4.74 Å². The van der Waals surface area contributed by atoms with Crippen molar-refractivity contribution in [3.63, 3.8) is 0 Å². The Hall–Kier alpha value is -0.300. The van der Waals surface area contributed by atoms with Crippen LogP contribution in [0.4, 0.5) is 0 Å². The molecule has 0 bridgehead atoms. The van der Waals surface area contributed by atoms with Crippen molar-refractivity contribution < 1.29 is 4.74 Å². The van der Waals surface area contributed by atoms with E-state index in [1.54, 1.807) is 0 Å². The fraction of sp³-hybridized carbons (Fsp3) is 0.857. The molecule has 0 aromatic rings. The molecule has 2 saturated carbocycles. The molecular formula is C14H24O. The van der Waals surface area contributed by atoms with Gasteiger partial charge in [-0.05, 0) is 51.4 Å². The molecule has 1 nitrogen and oxygen atoms in total. The third kappa shape index (κ3) is 2.13.